The van der Waals surface area contributed by atoms with Crippen LogP contribution < -0.4 is 0 Å². The van der Waals surface area contributed by atoms with Crippen LogP contribution in [-0.2, 0) is 9.47 Å². The molecule has 0 N–H and O–H groups in total. The average Bonchev–Trinajstić information content (AvgIpc) is 2.24. The molecule has 1 atom stereocenters. The quantitative estimate of drug-likeness (QED) is 0.548. The molecule has 0 heterocycles. The molecule has 3 heteroatoms. The molecule has 0 saturated heterocycles. The summed E-state index contributed by atoms with van der Waals surface area (Å²) < 4.78 is 10.7. The van der Waals surface area contributed by atoms with Gasteiger partial charge in [-0.3, -0.25) is 0 Å². The van der Waals surface area contributed by atoms with Crippen molar-refractivity contribution >= 4 is 11.6 Å². The molecule has 1 aromatic carbocycles. The lowest BCUT2D eigenvalue weighted by molar-refractivity contribution is 0.0165. The predicted octanol–water partition coefficient (Wildman–Crippen LogP) is 3.23. The second kappa shape index (κ2) is 6.62. The SMILES string of the molecule is C=CCOC[C@H](OC)c1cccc(Cl)c1. The van der Waals surface area contributed by atoms with Crippen molar-refractivity contribution in [2.75, 3.05) is 20.3 Å². The van der Waals surface area contributed by atoms with Crippen LogP contribution in [0.1, 0.15) is 11.7 Å². The first kappa shape index (κ1) is 12.2. The van der Waals surface area contributed by atoms with Crippen molar-refractivity contribution in [2.45, 2.75) is 6.10 Å². The highest BCUT2D eigenvalue weighted by atomic mass is 35.5. The summed E-state index contributed by atoms with van der Waals surface area (Å²) >= 11 is 5.89. The Hall–Kier alpha value is -0.830. The third kappa shape index (κ3) is 4.04. The standard InChI is InChI=1S/C12H15ClO2/c1-3-7-15-9-12(14-2)10-5-4-6-11(13)8-10/h3-6,8,12H,1,7,9H2,2H3/t12-/m0/s1. The molecule has 15 heavy (non-hydrogen) atoms. The molecule has 2 nitrogen and oxygen atoms in total. The van der Waals surface area contributed by atoms with Gasteiger partial charge in [0, 0.05) is 12.1 Å². The Kier molecular flexibility index (Phi) is 5.40. The van der Waals surface area contributed by atoms with E-state index in [9.17, 15) is 0 Å². The van der Waals surface area contributed by atoms with Crippen LogP contribution in [0.5, 0.6) is 0 Å². The summed E-state index contributed by atoms with van der Waals surface area (Å²) in [4.78, 5) is 0. The van der Waals surface area contributed by atoms with Crippen LogP contribution in [0.4, 0.5) is 0 Å². The van der Waals surface area contributed by atoms with Gasteiger partial charge in [-0.05, 0) is 17.7 Å². The maximum Gasteiger partial charge on any atom is 0.105 e. The number of hydrogen-bond donors (Lipinski definition) is 0. The molecule has 1 aromatic rings. The highest BCUT2D eigenvalue weighted by Gasteiger charge is 2.10. The fourth-order valence-corrected chi connectivity index (χ4v) is 1.46. The van der Waals surface area contributed by atoms with E-state index in [-0.39, 0.29) is 6.10 Å². The molecule has 0 aliphatic rings. The molecular weight excluding hydrogens is 212 g/mol. The van der Waals surface area contributed by atoms with E-state index in [1.807, 2.05) is 24.3 Å². The Bertz CT molecular complexity index is 312. The number of methoxy groups -OCH3 is 1. The van der Waals surface area contributed by atoms with E-state index in [0.717, 1.165) is 5.56 Å². The van der Waals surface area contributed by atoms with E-state index in [4.69, 9.17) is 21.1 Å². The normalized spacial score (nSPS) is 12.4. The molecule has 0 aliphatic carbocycles. The van der Waals surface area contributed by atoms with Crippen molar-refractivity contribution in [3.8, 4) is 0 Å². The van der Waals surface area contributed by atoms with E-state index in [0.29, 0.717) is 18.2 Å². The summed E-state index contributed by atoms with van der Waals surface area (Å²) in [6.07, 6.45) is 1.63. The lowest BCUT2D eigenvalue weighted by Crippen LogP contribution is -2.10. The van der Waals surface area contributed by atoms with E-state index in [1.54, 1.807) is 13.2 Å². The van der Waals surface area contributed by atoms with Gasteiger partial charge in [-0.2, -0.15) is 0 Å². The zero-order valence-corrected chi connectivity index (χ0v) is 9.54. The van der Waals surface area contributed by atoms with E-state index in [1.165, 1.54) is 0 Å². The molecule has 0 spiro atoms. The van der Waals surface area contributed by atoms with Crippen LogP contribution in [0, 0.1) is 0 Å². The zero-order chi connectivity index (χ0) is 11.1. The van der Waals surface area contributed by atoms with Gasteiger partial charge in [0.05, 0.1) is 13.2 Å². The molecule has 1 rings (SSSR count). The number of halogens is 1. The van der Waals surface area contributed by atoms with Crippen LogP contribution >= 0.6 is 11.6 Å². The predicted molar refractivity (Wildman–Crippen MR) is 62.2 cm³/mol. The molecule has 0 fully saturated rings. The molecule has 0 bridgehead atoms. The van der Waals surface area contributed by atoms with Crippen molar-refractivity contribution in [1.29, 1.82) is 0 Å². The van der Waals surface area contributed by atoms with Crippen molar-refractivity contribution in [2.24, 2.45) is 0 Å². The smallest absolute Gasteiger partial charge is 0.105 e. The van der Waals surface area contributed by atoms with Crippen LogP contribution in [0.3, 0.4) is 0 Å². The van der Waals surface area contributed by atoms with Crippen molar-refractivity contribution in [3.63, 3.8) is 0 Å². The van der Waals surface area contributed by atoms with Crippen molar-refractivity contribution in [1.82, 2.24) is 0 Å². The second-order valence-electron chi connectivity index (χ2n) is 3.11. The Morgan fingerprint density at radius 1 is 1.53 bits per heavy atom. The largest absolute Gasteiger partial charge is 0.374 e. The third-order valence-electron chi connectivity index (χ3n) is 2.01. The number of rotatable bonds is 6. The van der Waals surface area contributed by atoms with Gasteiger partial charge in [0.15, 0.2) is 0 Å². The first-order chi connectivity index (χ1) is 7.27. The Balaban J connectivity index is 2.61. The van der Waals surface area contributed by atoms with Gasteiger partial charge in [0.2, 0.25) is 0 Å². The Labute approximate surface area is 95.5 Å². The minimum atomic E-state index is -0.0800. The highest BCUT2D eigenvalue weighted by Crippen LogP contribution is 2.20. The van der Waals surface area contributed by atoms with E-state index < -0.39 is 0 Å². The maximum atomic E-state index is 5.89. The molecule has 0 aliphatic heterocycles. The van der Waals surface area contributed by atoms with Gasteiger partial charge in [-0.1, -0.05) is 29.8 Å². The van der Waals surface area contributed by atoms with Gasteiger partial charge in [0.25, 0.3) is 0 Å². The molecule has 0 saturated carbocycles. The fraction of sp³-hybridized carbons (Fsp3) is 0.333. The third-order valence-corrected chi connectivity index (χ3v) is 2.25. The fourth-order valence-electron chi connectivity index (χ4n) is 1.27. The van der Waals surface area contributed by atoms with E-state index >= 15 is 0 Å². The summed E-state index contributed by atoms with van der Waals surface area (Å²) in [6.45, 7) is 4.61. The molecule has 0 amide bonds. The lowest BCUT2D eigenvalue weighted by Gasteiger charge is -2.15. The number of benzene rings is 1. The zero-order valence-electron chi connectivity index (χ0n) is 8.78. The van der Waals surface area contributed by atoms with Gasteiger partial charge in [0.1, 0.15) is 6.10 Å². The number of ether oxygens (including phenoxy) is 2. The summed E-state index contributed by atoms with van der Waals surface area (Å²) in [5.74, 6) is 0. The topological polar surface area (TPSA) is 18.5 Å². The molecule has 0 radical (unpaired) electrons. The van der Waals surface area contributed by atoms with Crippen molar-refractivity contribution in [3.05, 3.63) is 47.5 Å². The van der Waals surface area contributed by atoms with Crippen LogP contribution in [0.25, 0.3) is 0 Å². The molecule has 82 valence electrons. The first-order valence-corrected chi connectivity index (χ1v) is 5.12. The minimum absolute atomic E-state index is 0.0800. The van der Waals surface area contributed by atoms with Gasteiger partial charge in [-0.25, -0.2) is 0 Å². The van der Waals surface area contributed by atoms with Gasteiger partial charge < -0.3 is 9.47 Å². The second-order valence-corrected chi connectivity index (χ2v) is 3.54. The van der Waals surface area contributed by atoms with Gasteiger partial charge >= 0.3 is 0 Å². The molecular formula is C12H15ClO2. The first-order valence-electron chi connectivity index (χ1n) is 4.75. The molecule has 0 aromatic heterocycles. The van der Waals surface area contributed by atoms with Gasteiger partial charge in [-0.15, -0.1) is 6.58 Å². The summed E-state index contributed by atoms with van der Waals surface area (Å²) in [5, 5.41) is 0.707. The molecule has 0 unspecified atom stereocenters. The van der Waals surface area contributed by atoms with Crippen molar-refractivity contribution < 1.29 is 9.47 Å². The summed E-state index contributed by atoms with van der Waals surface area (Å²) in [6, 6.07) is 7.59. The van der Waals surface area contributed by atoms with Crippen LogP contribution in [0.15, 0.2) is 36.9 Å². The summed E-state index contributed by atoms with van der Waals surface area (Å²) in [5.41, 5.74) is 1.02. The average molecular weight is 227 g/mol. The summed E-state index contributed by atoms with van der Waals surface area (Å²) in [7, 11) is 1.66. The lowest BCUT2D eigenvalue weighted by atomic mass is 10.1. The minimum Gasteiger partial charge on any atom is -0.374 e. The monoisotopic (exact) mass is 226 g/mol. The maximum absolute atomic E-state index is 5.89. The highest BCUT2D eigenvalue weighted by molar-refractivity contribution is 6.30. The number of hydrogen-bond acceptors (Lipinski definition) is 2. The van der Waals surface area contributed by atoms with E-state index in [2.05, 4.69) is 6.58 Å². The Morgan fingerprint density at radius 3 is 2.93 bits per heavy atom. The Morgan fingerprint density at radius 2 is 2.33 bits per heavy atom. The van der Waals surface area contributed by atoms with Crippen LogP contribution in [-0.4, -0.2) is 20.3 Å². The van der Waals surface area contributed by atoms with Crippen LogP contribution in [0.2, 0.25) is 5.02 Å².